The molecular formula is C21H20N2O4S. The van der Waals surface area contributed by atoms with E-state index in [1.807, 2.05) is 31.2 Å². The molecule has 0 saturated heterocycles. The summed E-state index contributed by atoms with van der Waals surface area (Å²) in [5.74, 6) is 0.160. The Bertz CT molecular complexity index is 1070. The number of nitrogens with one attached hydrogen (secondary N) is 2. The summed E-state index contributed by atoms with van der Waals surface area (Å²) in [4.78, 5) is 12.2. The summed E-state index contributed by atoms with van der Waals surface area (Å²) >= 11 is 0. The van der Waals surface area contributed by atoms with Crippen molar-refractivity contribution >= 4 is 27.7 Å². The lowest BCUT2D eigenvalue weighted by atomic mass is 10.1. The molecule has 0 aliphatic heterocycles. The van der Waals surface area contributed by atoms with Gasteiger partial charge in [-0.05, 0) is 48.9 Å². The van der Waals surface area contributed by atoms with Crippen LogP contribution in [0.15, 0.2) is 82.3 Å². The number of anilines is 1. The van der Waals surface area contributed by atoms with Gasteiger partial charge in [0.2, 0.25) is 15.9 Å². The lowest BCUT2D eigenvalue weighted by molar-refractivity contribution is -0.111. The third-order valence-electron chi connectivity index (χ3n) is 3.93. The normalized spacial score (nSPS) is 11.6. The van der Waals surface area contributed by atoms with Crippen LogP contribution in [0.4, 0.5) is 5.69 Å². The summed E-state index contributed by atoms with van der Waals surface area (Å²) in [6, 6.07) is 17.2. The van der Waals surface area contributed by atoms with E-state index >= 15 is 0 Å². The van der Waals surface area contributed by atoms with E-state index < -0.39 is 10.0 Å². The second-order valence-electron chi connectivity index (χ2n) is 6.17. The predicted molar refractivity (Wildman–Crippen MR) is 108 cm³/mol. The lowest BCUT2D eigenvalue weighted by Gasteiger charge is -2.08. The van der Waals surface area contributed by atoms with Crippen molar-refractivity contribution in [3.63, 3.8) is 0 Å². The van der Waals surface area contributed by atoms with Gasteiger partial charge in [-0.15, -0.1) is 0 Å². The molecule has 0 unspecified atom stereocenters. The highest BCUT2D eigenvalue weighted by Crippen LogP contribution is 2.16. The van der Waals surface area contributed by atoms with Gasteiger partial charge in [-0.3, -0.25) is 4.79 Å². The van der Waals surface area contributed by atoms with Gasteiger partial charge in [-0.2, -0.15) is 0 Å². The zero-order valence-corrected chi connectivity index (χ0v) is 16.1. The largest absolute Gasteiger partial charge is 0.468 e. The number of benzene rings is 2. The van der Waals surface area contributed by atoms with Gasteiger partial charge in [0.05, 0.1) is 17.7 Å². The van der Waals surface area contributed by atoms with E-state index in [0.717, 1.165) is 11.1 Å². The molecule has 3 aromatic rings. The first kappa shape index (κ1) is 19.6. The maximum Gasteiger partial charge on any atom is 0.248 e. The molecule has 0 saturated carbocycles. The maximum absolute atomic E-state index is 12.4. The average Bonchev–Trinajstić information content (AvgIpc) is 3.20. The molecule has 0 atom stereocenters. The first-order valence-corrected chi connectivity index (χ1v) is 10.1. The minimum Gasteiger partial charge on any atom is -0.468 e. The fourth-order valence-electron chi connectivity index (χ4n) is 2.44. The smallest absolute Gasteiger partial charge is 0.248 e. The van der Waals surface area contributed by atoms with E-state index in [4.69, 9.17) is 4.42 Å². The monoisotopic (exact) mass is 396 g/mol. The van der Waals surface area contributed by atoms with Gasteiger partial charge in [0.15, 0.2) is 0 Å². The standard InChI is InChI=1S/C21H20N2O4S/c1-16-7-9-17(10-8-16)11-12-21(24)23-18-4-2-6-20(14-18)28(25,26)22-15-19-5-3-13-27-19/h2-14,22H,15H2,1H3,(H,23,24)/b12-11+. The quantitative estimate of drug-likeness (QED) is 0.596. The summed E-state index contributed by atoms with van der Waals surface area (Å²) < 4.78 is 32.4. The van der Waals surface area contributed by atoms with E-state index in [1.165, 1.54) is 24.5 Å². The van der Waals surface area contributed by atoms with Crippen LogP contribution in [0, 0.1) is 6.92 Å². The van der Waals surface area contributed by atoms with Crippen molar-refractivity contribution in [1.29, 1.82) is 0 Å². The average molecular weight is 396 g/mol. The van der Waals surface area contributed by atoms with Gasteiger partial charge in [-0.25, -0.2) is 13.1 Å². The molecule has 0 aliphatic rings. The Hall–Kier alpha value is -3.16. The molecule has 0 spiro atoms. The molecule has 1 amide bonds. The molecular weight excluding hydrogens is 376 g/mol. The van der Waals surface area contributed by atoms with E-state index in [0.29, 0.717) is 11.4 Å². The van der Waals surface area contributed by atoms with Crippen LogP contribution in [-0.2, 0) is 21.4 Å². The first-order chi connectivity index (χ1) is 13.4. The van der Waals surface area contributed by atoms with Crippen LogP contribution in [0.25, 0.3) is 6.08 Å². The molecule has 3 rings (SSSR count). The molecule has 0 bridgehead atoms. The Morgan fingerprint density at radius 3 is 2.57 bits per heavy atom. The van der Waals surface area contributed by atoms with Crippen molar-refractivity contribution in [1.82, 2.24) is 4.72 Å². The van der Waals surface area contributed by atoms with Crippen LogP contribution in [0.5, 0.6) is 0 Å². The number of amides is 1. The number of carbonyl (C=O) groups excluding carboxylic acids is 1. The van der Waals surface area contributed by atoms with Crippen LogP contribution in [0.1, 0.15) is 16.9 Å². The van der Waals surface area contributed by atoms with Crippen molar-refractivity contribution in [3.8, 4) is 0 Å². The highest BCUT2D eigenvalue weighted by Gasteiger charge is 2.15. The minimum absolute atomic E-state index is 0.0468. The minimum atomic E-state index is -3.73. The Morgan fingerprint density at radius 1 is 1.07 bits per heavy atom. The molecule has 144 valence electrons. The van der Waals surface area contributed by atoms with E-state index in [2.05, 4.69) is 10.0 Å². The molecule has 2 aromatic carbocycles. The number of sulfonamides is 1. The van der Waals surface area contributed by atoms with Crippen molar-refractivity contribution in [3.05, 3.63) is 89.9 Å². The SMILES string of the molecule is Cc1ccc(/C=C/C(=O)Nc2cccc(S(=O)(=O)NCc3ccco3)c2)cc1. The van der Waals surface area contributed by atoms with Gasteiger partial charge in [0, 0.05) is 11.8 Å². The molecule has 0 aliphatic carbocycles. The highest BCUT2D eigenvalue weighted by molar-refractivity contribution is 7.89. The van der Waals surface area contributed by atoms with E-state index in [9.17, 15) is 13.2 Å². The van der Waals surface area contributed by atoms with Gasteiger partial charge < -0.3 is 9.73 Å². The summed E-state index contributed by atoms with van der Waals surface area (Å²) in [6.45, 7) is 2.04. The molecule has 0 fully saturated rings. The zero-order valence-electron chi connectivity index (χ0n) is 15.3. The molecule has 28 heavy (non-hydrogen) atoms. The first-order valence-electron chi connectivity index (χ1n) is 8.60. The topological polar surface area (TPSA) is 88.4 Å². The number of carbonyl (C=O) groups is 1. The Labute approximate surface area is 163 Å². The molecule has 6 nitrogen and oxygen atoms in total. The van der Waals surface area contributed by atoms with Crippen LogP contribution in [-0.4, -0.2) is 14.3 Å². The summed E-state index contributed by atoms with van der Waals surface area (Å²) in [5, 5.41) is 2.67. The maximum atomic E-state index is 12.4. The second-order valence-corrected chi connectivity index (χ2v) is 7.93. The Kier molecular flexibility index (Phi) is 6.08. The predicted octanol–water partition coefficient (Wildman–Crippen LogP) is 3.72. The summed E-state index contributed by atoms with van der Waals surface area (Å²) in [6.07, 6.45) is 4.57. The van der Waals surface area contributed by atoms with Gasteiger partial charge in [0.1, 0.15) is 5.76 Å². The third-order valence-corrected chi connectivity index (χ3v) is 5.33. The van der Waals surface area contributed by atoms with Crippen LogP contribution in [0.3, 0.4) is 0 Å². The molecule has 1 aromatic heterocycles. The summed E-state index contributed by atoms with van der Waals surface area (Å²) in [5.41, 5.74) is 2.43. The van der Waals surface area contributed by atoms with Crippen molar-refractivity contribution < 1.29 is 17.6 Å². The van der Waals surface area contributed by atoms with Crippen molar-refractivity contribution in [2.45, 2.75) is 18.4 Å². The Balaban J connectivity index is 1.65. The van der Waals surface area contributed by atoms with Gasteiger partial charge in [0.25, 0.3) is 0 Å². The number of hydrogen-bond donors (Lipinski definition) is 2. The number of aryl methyl sites for hydroxylation is 1. The van der Waals surface area contributed by atoms with E-state index in [1.54, 1.807) is 30.3 Å². The second kappa shape index (κ2) is 8.69. The fourth-order valence-corrected chi connectivity index (χ4v) is 3.48. The molecule has 2 N–H and O–H groups in total. The highest BCUT2D eigenvalue weighted by atomic mass is 32.2. The number of rotatable bonds is 7. The third kappa shape index (κ3) is 5.42. The van der Waals surface area contributed by atoms with Gasteiger partial charge in [-0.1, -0.05) is 35.9 Å². The van der Waals surface area contributed by atoms with E-state index in [-0.39, 0.29) is 17.3 Å². The van der Waals surface area contributed by atoms with Crippen LogP contribution in [0.2, 0.25) is 0 Å². The van der Waals surface area contributed by atoms with Crippen molar-refractivity contribution in [2.75, 3.05) is 5.32 Å². The molecule has 7 heteroatoms. The van der Waals surface area contributed by atoms with Crippen LogP contribution < -0.4 is 10.0 Å². The van der Waals surface area contributed by atoms with Gasteiger partial charge >= 0.3 is 0 Å². The Morgan fingerprint density at radius 2 is 1.86 bits per heavy atom. The molecule has 0 radical (unpaired) electrons. The fraction of sp³-hybridized carbons (Fsp3) is 0.0952. The van der Waals surface area contributed by atoms with Crippen LogP contribution >= 0.6 is 0 Å². The lowest BCUT2D eigenvalue weighted by Crippen LogP contribution is -2.23. The zero-order chi connectivity index (χ0) is 20.0. The molecule has 1 heterocycles. The number of furan rings is 1. The summed E-state index contributed by atoms with van der Waals surface area (Å²) in [7, 11) is -3.73. The van der Waals surface area contributed by atoms with Crippen molar-refractivity contribution in [2.24, 2.45) is 0 Å². The number of hydrogen-bond acceptors (Lipinski definition) is 4.